The highest BCUT2D eigenvalue weighted by atomic mass is 16.5. The average Bonchev–Trinajstić information content (AvgIpc) is 2.16. The minimum atomic E-state index is -0.339. The molecule has 1 atom stereocenters. The standard InChI is InChI=1S/C11H13NO2/c1-3-11(12)9-5-4-6-10(7-9)14-8(2)13/h3-7,11H,1,12H2,2H3/t11-/m0/s1. The third-order valence-electron chi connectivity index (χ3n) is 1.76. The van der Waals surface area contributed by atoms with E-state index in [1.807, 2.05) is 6.07 Å². The van der Waals surface area contributed by atoms with Crippen LogP contribution in [0.2, 0.25) is 0 Å². The van der Waals surface area contributed by atoms with E-state index in [0.29, 0.717) is 5.75 Å². The summed E-state index contributed by atoms with van der Waals surface area (Å²) in [5.74, 6) is 0.168. The summed E-state index contributed by atoms with van der Waals surface area (Å²) in [5.41, 5.74) is 6.61. The van der Waals surface area contributed by atoms with Crippen LogP contribution in [-0.4, -0.2) is 5.97 Å². The summed E-state index contributed by atoms with van der Waals surface area (Å²) in [6.07, 6.45) is 1.63. The van der Waals surface area contributed by atoms with Crippen molar-refractivity contribution in [3.05, 3.63) is 42.5 Å². The van der Waals surface area contributed by atoms with Gasteiger partial charge in [0, 0.05) is 13.0 Å². The number of hydrogen-bond acceptors (Lipinski definition) is 3. The first-order valence-electron chi connectivity index (χ1n) is 4.30. The SMILES string of the molecule is C=C[C@H](N)c1cccc(OC(C)=O)c1. The summed E-state index contributed by atoms with van der Waals surface area (Å²) in [6.45, 7) is 4.96. The number of esters is 1. The number of carbonyl (C=O) groups is 1. The zero-order valence-electron chi connectivity index (χ0n) is 8.07. The number of nitrogens with two attached hydrogens (primary N) is 1. The fourth-order valence-corrected chi connectivity index (χ4v) is 1.09. The lowest BCUT2D eigenvalue weighted by Gasteiger charge is -2.08. The molecule has 74 valence electrons. The highest BCUT2D eigenvalue weighted by Gasteiger charge is 2.03. The Kier molecular flexibility index (Phi) is 3.42. The van der Waals surface area contributed by atoms with E-state index < -0.39 is 0 Å². The minimum Gasteiger partial charge on any atom is -0.427 e. The molecular weight excluding hydrogens is 178 g/mol. The first-order valence-corrected chi connectivity index (χ1v) is 4.30. The van der Waals surface area contributed by atoms with Gasteiger partial charge in [-0.05, 0) is 17.7 Å². The molecule has 1 rings (SSSR count). The fraction of sp³-hybridized carbons (Fsp3) is 0.182. The zero-order valence-corrected chi connectivity index (χ0v) is 8.07. The van der Waals surface area contributed by atoms with Crippen molar-refractivity contribution in [2.75, 3.05) is 0 Å². The summed E-state index contributed by atoms with van der Waals surface area (Å²) < 4.78 is 4.92. The Hall–Kier alpha value is -1.61. The molecule has 0 spiro atoms. The molecule has 0 bridgehead atoms. The lowest BCUT2D eigenvalue weighted by molar-refractivity contribution is -0.131. The first kappa shape index (κ1) is 10.5. The van der Waals surface area contributed by atoms with Gasteiger partial charge < -0.3 is 10.5 Å². The van der Waals surface area contributed by atoms with E-state index in [1.165, 1.54) is 6.92 Å². The molecule has 0 aliphatic rings. The quantitative estimate of drug-likeness (QED) is 0.450. The first-order chi connectivity index (χ1) is 6.63. The van der Waals surface area contributed by atoms with Crippen molar-refractivity contribution in [3.63, 3.8) is 0 Å². The van der Waals surface area contributed by atoms with E-state index in [1.54, 1.807) is 24.3 Å². The molecule has 3 nitrogen and oxygen atoms in total. The van der Waals surface area contributed by atoms with Gasteiger partial charge in [0.05, 0.1) is 0 Å². The van der Waals surface area contributed by atoms with Crippen LogP contribution in [0.3, 0.4) is 0 Å². The van der Waals surface area contributed by atoms with Crippen LogP contribution in [0.15, 0.2) is 36.9 Å². The summed E-state index contributed by atoms with van der Waals surface area (Å²) >= 11 is 0. The second-order valence-corrected chi connectivity index (χ2v) is 2.93. The Morgan fingerprint density at radius 1 is 1.64 bits per heavy atom. The second kappa shape index (κ2) is 4.58. The van der Waals surface area contributed by atoms with Crippen LogP contribution in [0.1, 0.15) is 18.5 Å². The molecule has 0 aromatic heterocycles. The predicted molar refractivity (Wildman–Crippen MR) is 54.9 cm³/mol. The molecule has 3 heteroatoms. The average molecular weight is 191 g/mol. The fourth-order valence-electron chi connectivity index (χ4n) is 1.09. The molecule has 0 saturated heterocycles. The highest BCUT2D eigenvalue weighted by Crippen LogP contribution is 2.18. The van der Waals surface area contributed by atoms with E-state index in [4.69, 9.17) is 10.5 Å². The van der Waals surface area contributed by atoms with Gasteiger partial charge in [-0.25, -0.2) is 0 Å². The van der Waals surface area contributed by atoms with Crippen LogP contribution in [0.4, 0.5) is 0 Å². The van der Waals surface area contributed by atoms with Crippen LogP contribution < -0.4 is 10.5 Å². The molecule has 1 aromatic carbocycles. The number of rotatable bonds is 3. The molecule has 0 aliphatic carbocycles. The second-order valence-electron chi connectivity index (χ2n) is 2.93. The van der Waals surface area contributed by atoms with Gasteiger partial charge in [-0.2, -0.15) is 0 Å². The molecule has 2 N–H and O–H groups in total. The monoisotopic (exact) mass is 191 g/mol. The van der Waals surface area contributed by atoms with Gasteiger partial charge in [0.2, 0.25) is 0 Å². The molecule has 1 aromatic rings. The normalized spacial score (nSPS) is 11.9. The van der Waals surface area contributed by atoms with Crippen molar-refractivity contribution >= 4 is 5.97 Å². The highest BCUT2D eigenvalue weighted by molar-refractivity contribution is 5.69. The van der Waals surface area contributed by atoms with Gasteiger partial charge in [-0.1, -0.05) is 18.2 Å². The zero-order chi connectivity index (χ0) is 10.6. The van der Waals surface area contributed by atoms with Crippen LogP contribution >= 0.6 is 0 Å². The lowest BCUT2D eigenvalue weighted by atomic mass is 10.1. The summed E-state index contributed by atoms with van der Waals surface area (Å²) in [4.78, 5) is 10.7. The van der Waals surface area contributed by atoms with Gasteiger partial charge >= 0.3 is 5.97 Å². The summed E-state index contributed by atoms with van der Waals surface area (Å²) in [5, 5.41) is 0. The maximum absolute atomic E-state index is 10.7. The minimum absolute atomic E-state index is 0.231. The maximum Gasteiger partial charge on any atom is 0.308 e. The third-order valence-corrected chi connectivity index (χ3v) is 1.76. The number of hydrogen-bond donors (Lipinski definition) is 1. The van der Waals surface area contributed by atoms with E-state index in [9.17, 15) is 4.79 Å². The van der Waals surface area contributed by atoms with E-state index in [0.717, 1.165) is 5.56 Å². The van der Waals surface area contributed by atoms with Crippen molar-refractivity contribution in [1.82, 2.24) is 0 Å². The Bertz CT molecular complexity index is 347. The molecule has 0 heterocycles. The molecule has 14 heavy (non-hydrogen) atoms. The van der Waals surface area contributed by atoms with Crippen LogP contribution in [0, 0.1) is 0 Å². The molecule has 0 radical (unpaired) electrons. The summed E-state index contributed by atoms with van der Waals surface area (Å²) in [6, 6.07) is 6.86. The Morgan fingerprint density at radius 2 is 2.36 bits per heavy atom. The maximum atomic E-state index is 10.7. The molecule has 0 unspecified atom stereocenters. The van der Waals surface area contributed by atoms with Gasteiger partial charge in [-0.3, -0.25) is 4.79 Å². The Morgan fingerprint density at radius 3 is 2.93 bits per heavy atom. The van der Waals surface area contributed by atoms with Crippen molar-refractivity contribution in [2.45, 2.75) is 13.0 Å². The van der Waals surface area contributed by atoms with Gasteiger partial charge in [0.15, 0.2) is 0 Å². The van der Waals surface area contributed by atoms with Crippen molar-refractivity contribution in [3.8, 4) is 5.75 Å². The van der Waals surface area contributed by atoms with Crippen molar-refractivity contribution in [2.24, 2.45) is 5.73 Å². The molecule has 0 fully saturated rings. The number of ether oxygens (including phenoxy) is 1. The van der Waals surface area contributed by atoms with Crippen LogP contribution in [0.5, 0.6) is 5.75 Å². The van der Waals surface area contributed by atoms with Gasteiger partial charge in [-0.15, -0.1) is 6.58 Å². The predicted octanol–water partition coefficient (Wildman–Crippen LogP) is 1.80. The Labute approximate surface area is 83.2 Å². The molecule has 0 amide bonds. The van der Waals surface area contributed by atoms with Crippen molar-refractivity contribution in [1.29, 1.82) is 0 Å². The van der Waals surface area contributed by atoms with Crippen LogP contribution in [-0.2, 0) is 4.79 Å². The van der Waals surface area contributed by atoms with Gasteiger partial charge in [0.25, 0.3) is 0 Å². The van der Waals surface area contributed by atoms with E-state index in [-0.39, 0.29) is 12.0 Å². The third kappa shape index (κ3) is 2.71. The van der Waals surface area contributed by atoms with E-state index >= 15 is 0 Å². The van der Waals surface area contributed by atoms with Crippen molar-refractivity contribution < 1.29 is 9.53 Å². The largest absolute Gasteiger partial charge is 0.427 e. The molecular formula is C11H13NO2. The molecule has 0 saturated carbocycles. The number of carbonyl (C=O) groups excluding carboxylic acids is 1. The van der Waals surface area contributed by atoms with Crippen LogP contribution in [0.25, 0.3) is 0 Å². The number of benzene rings is 1. The Balaban J connectivity index is 2.88. The van der Waals surface area contributed by atoms with E-state index in [2.05, 4.69) is 6.58 Å². The lowest BCUT2D eigenvalue weighted by Crippen LogP contribution is -2.07. The smallest absolute Gasteiger partial charge is 0.308 e. The summed E-state index contributed by atoms with van der Waals surface area (Å²) in [7, 11) is 0. The molecule has 0 aliphatic heterocycles. The topological polar surface area (TPSA) is 52.3 Å². The van der Waals surface area contributed by atoms with Gasteiger partial charge in [0.1, 0.15) is 5.75 Å².